The van der Waals surface area contributed by atoms with E-state index in [1.165, 1.54) is 17.5 Å². The van der Waals surface area contributed by atoms with Gasteiger partial charge in [0.05, 0.1) is 11.3 Å². The molecule has 0 bridgehead atoms. The highest BCUT2D eigenvalue weighted by Gasteiger charge is 2.26. The number of hydrogen-bond donors (Lipinski definition) is 1. The van der Waals surface area contributed by atoms with Crippen LogP contribution in [0.25, 0.3) is 11.3 Å². The molecule has 2 aromatic heterocycles. The van der Waals surface area contributed by atoms with Gasteiger partial charge in [-0.2, -0.15) is 0 Å². The van der Waals surface area contributed by atoms with Gasteiger partial charge in [-0.25, -0.2) is 4.98 Å². The van der Waals surface area contributed by atoms with E-state index in [2.05, 4.69) is 21.4 Å². The number of carbonyl (C=O) groups is 2. The lowest BCUT2D eigenvalue weighted by molar-refractivity contribution is 0.0987. The Balaban J connectivity index is 1.37. The van der Waals surface area contributed by atoms with Crippen LogP contribution in [0.15, 0.2) is 67.0 Å². The largest absolute Gasteiger partial charge is 0.308 e. The van der Waals surface area contributed by atoms with Gasteiger partial charge in [0.2, 0.25) is 0 Å². The molecule has 6 nitrogen and oxygen atoms in total. The average molecular weight is 455 g/mol. The van der Waals surface area contributed by atoms with Crippen LogP contribution in [0.5, 0.6) is 0 Å². The Labute approximate surface area is 195 Å². The monoisotopic (exact) mass is 454 g/mol. The molecule has 0 aliphatic carbocycles. The number of carbonyl (C=O) groups excluding carboxylic acids is 2. The van der Waals surface area contributed by atoms with Crippen LogP contribution >= 0.6 is 11.3 Å². The minimum absolute atomic E-state index is 0.0201. The first-order valence-corrected chi connectivity index (χ1v) is 11.5. The van der Waals surface area contributed by atoms with Crippen LogP contribution in [-0.2, 0) is 6.42 Å². The number of pyridine rings is 1. The average Bonchev–Trinajstić information content (AvgIpc) is 3.42. The van der Waals surface area contributed by atoms with Crippen LogP contribution in [-0.4, -0.2) is 28.3 Å². The minimum atomic E-state index is -0.234. The first-order chi connectivity index (χ1) is 16.0. The van der Waals surface area contributed by atoms with Crippen molar-refractivity contribution in [2.75, 3.05) is 16.8 Å². The second-order valence-electron chi connectivity index (χ2n) is 8.04. The number of fused-ring (bicyclic) bond motifs is 1. The lowest BCUT2D eigenvalue weighted by Gasteiger charge is -2.17. The van der Waals surface area contributed by atoms with Crippen LogP contribution in [0.2, 0.25) is 0 Å². The Hall–Kier alpha value is -3.84. The van der Waals surface area contributed by atoms with Gasteiger partial charge >= 0.3 is 0 Å². The van der Waals surface area contributed by atoms with Crippen molar-refractivity contribution in [3.8, 4) is 11.3 Å². The summed E-state index contributed by atoms with van der Waals surface area (Å²) in [5.74, 6) is -0.214. The first kappa shape index (κ1) is 21.0. The number of nitrogens with zero attached hydrogens (tertiary/aromatic N) is 3. The highest BCUT2D eigenvalue weighted by molar-refractivity contribution is 7.16. The molecule has 4 aromatic rings. The summed E-state index contributed by atoms with van der Waals surface area (Å²) in [5.41, 5.74) is 6.21. The van der Waals surface area contributed by atoms with Gasteiger partial charge in [0.25, 0.3) is 11.8 Å². The first-order valence-electron chi connectivity index (χ1n) is 10.7. The summed E-state index contributed by atoms with van der Waals surface area (Å²) >= 11 is 1.44. The molecule has 164 valence electrons. The van der Waals surface area contributed by atoms with Gasteiger partial charge in [-0.15, -0.1) is 11.3 Å². The van der Waals surface area contributed by atoms with Gasteiger partial charge in [0.15, 0.2) is 5.13 Å². The maximum absolute atomic E-state index is 13.0. The zero-order chi connectivity index (χ0) is 22.9. The Morgan fingerprint density at radius 2 is 1.85 bits per heavy atom. The molecule has 2 amide bonds. The number of hydrogen-bond acceptors (Lipinski definition) is 5. The second-order valence-corrected chi connectivity index (χ2v) is 9.24. The van der Waals surface area contributed by atoms with Crippen molar-refractivity contribution in [3.05, 3.63) is 94.1 Å². The fourth-order valence-corrected chi connectivity index (χ4v) is 4.83. The number of aromatic nitrogens is 2. The molecule has 2 aromatic carbocycles. The van der Waals surface area contributed by atoms with Crippen molar-refractivity contribution in [2.24, 2.45) is 0 Å². The number of rotatable bonds is 4. The summed E-state index contributed by atoms with van der Waals surface area (Å²) in [7, 11) is 0. The third-order valence-corrected chi connectivity index (χ3v) is 6.62. The van der Waals surface area contributed by atoms with Crippen LogP contribution in [0, 0.1) is 13.8 Å². The predicted octanol–water partition coefficient (Wildman–Crippen LogP) is 5.28. The summed E-state index contributed by atoms with van der Waals surface area (Å²) in [5, 5.41) is 3.41. The minimum Gasteiger partial charge on any atom is -0.308 e. The fourth-order valence-electron chi connectivity index (χ4n) is 4.00. The molecule has 0 saturated heterocycles. The van der Waals surface area contributed by atoms with E-state index in [0.717, 1.165) is 39.4 Å². The maximum Gasteiger partial charge on any atom is 0.259 e. The van der Waals surface area contributed by atoms with Gasteiger partial charge in [-0.1, -0.05) is 23.8 Å². The number of aryl methyl sites for hydroxylation is 2. The summed E-state index contributed by atoms with van der Waals surface area (Å²) < 4.78 is 0. The molecule has 0 unspecified atom stereocenters. The van der Waals surface area contributed by atoms with Crippen molar-refractivity contribution in [1.82, 2.24) is 9.97 Å². The number of anilines is 2. The molecule has 3 heterocycles. The lowest BCUT2D eigenvalue weighted by Crippen LogP contribution is -2.28. The number of amides is 2. The van der Waals surface area contributed by atoms with Crippen molar-refractivity contribution < 1.29 is 9.59 Å². The molecule has 0 radical (unpaired) electrons. The molecule has 0 atom stereocenters. The molecule has 1 N–H and O–H groups in total. The van der Waals surface area contributed by atoms with E-state index < -0.39 is 0 Å². The normalized spacial score (nSPS) is 12.5. The molecule has 0 spiro atoms. The Bertz CT molecular complexity index is 1350. The van der Waals surface area contributed by atoms with E-state index in [0.29, 0.717) is 22.8 Å². The molecule has 33 heavy (non-hydrogen) atoms. The van der Waals surface area contributed by atoms with E-state index in [1.807, 2.05) is 55.1 Å². The third-order valence-electron chi connectivity index (χ3n) is 5.73. The van der Waals surface area contributed by atoms with Gasteiger partial charge in [0.1, 0.15) is 0 Å². The topological polar surface area (TPSA) is 75.2 Å². The smallest absolute Gasteiger partial charge is 0.259 e. The fraction of sp³-hybridized carbons (Fsp3) is 0.154. The standard InChI is InChI=1S/C26H22N4O2S/c1-16-5-7-18(8-6-16)25(32)30-13-11-19-14-20(9-10-22(19)30)23-17(2)33-26(28-23)29-24(31)21-4-3-12-27-15-21/h3-10,12,14-15H,11,13H2,1-2H3,(H,28,29,31). The molecule has 0 fully saturated rings. The Morgan fingerprint density at radius 3 is 2.61 bits per heavy atom. The van der Waals surface area contributed by atoms with E-state index >= 15 is 0 Å². The number of nitrogens with one attached hydrogen (secondary N) is 1. The van der Waals surface area contributed by atoms with Crippen LogP contribution in [0.4, 0.5) is 10.8 Å². The summed E-state index contributed by atoms with van der Waals surface area (Å²) in [4.78, 5) is 37.0. The predicted molar refractivity (Wildman–Crippen MR) is 131 cm³/mol. The van der Waals surface area contributed by atoms with Crippen molar-refractivity contribution in [3.63, 3.8) is 0 Å². The second kappa shape index (κ2) is 8.60. The number of benzene rings is 2. The van der Waals surface area contributed by atoms with E-state index in [4.69, 9.17) is 0 Å². The third kappa shape index (κ3) is 4.15. The van der Waals surface area contributed by atoms with E-state index in [1.54, 1.807) is 18.3 Å². The lowest BCUT2D eigenvalue weighted by atomic mass is 10.1. The van der Waals surface area contributed by atoms with Crippen LogP contribution in [0.1, 0.15) is 36.7 Å². The zero-order valence-electron chi connectivity index (χ0n) is 18.3. The quantitative estimate of drug-likeness (QED) is 0.455. The van der Waals surface area contributed by atoms with Gasteiger partial charge in [-0.05, 0) is 62.2 Å². The highest BCUT2D eigenvalue weighted by Crippen LogP contribution is 2.36. The van der Waals surface area contributed by atoms with Gasteiger partial charge in [-0.3, -0.25) is 19.9 Å². The van der Waals surface area contributed by atoms with Crippen LogP contribution < -0.4 is 10.2 Å². The zero-order valence-corrected chi connectivity index (χ0v) is 19.1. The van der Waals surface area contributed by atoms with E-state index in [-0.39, 0.29) is 11.8 Å². The molecular weight excluding hydrogens is 432 g/mol. The van der Waals surface area contributed by atoms with E-state index in [9.17, 15) is 9.59 Å². The SMILES string of the molecule is Cc1ccc(C(=O)N2CCc3cc(-c4nc(NC(=O)c5cccnc5)sc4C)ccc32)cc1. The molecule has 0 saturated carbocycles. The summed E-state index contributed by atoms with van der Waals surface area (Å²) in [6, 6.07) is 17.2. The van der Waals surface area contributed by atoms with Gasteiger partial charge in [0, 0.05) is 40.6 Å². The Morgan fingerprint density at radius 1 is 1.03 bits per heavy atom. The van der Waals surface area contributed by atoms with Crippen molar-refractivity contribution in [2.45, 2.75) is 20.3 Å². The molecule has 1 aliphatic rings. The van der Waals surface area contributed by atoms with Crippen molar-refractivity contribution >= 4 is 34.0 Å². The molecular formula is C26H22N4O2S. The Kier molecular flexibility index (Phi) is 5.48. The summed E-state index contributed by atoms with van der Waals surface area (Å²) in [6.45, 7) is 4.66. The summed E-state index contributed by atoms with van der Waals surface area (Å²) in [6.07, 6.45) is 3.96. The molecule has 5 rings (SSSR count). The van der Waals surface area contributed by atoms with Crippen LogP contribution in [0.3, 0.4) is 0 Å². The van der Waals surface area contributed by atoms with Crippen molar-refractivity contribution in [1.29, 1.82) is 0 Å². The van der Waals surface area contributed by atoms with Gasteiger partial charge < -0.3 is 4.90 Å². The number of thiazole rings is 1. The maximum atomic E-state index is 13.0. The highest BCUT2D eigenvalue weighted by atomic mass is 32.1. The molecule has 7 heteroatoms. The molecule has 1 aliphatic heterocycles.